The molecule has 0 bridgehead atoms. The average molecular weight is 265 g/mol. The summed E-state index contributed by atoms with van der Waals surface area (Å²) >= 11 is 0. The first-order valence-electron chi connectivity index (χ1n) is 6.15. The SMILES string of the molecule is Cn1ncc2ncc(Nc3n[nH]c4cccnc34)cc21. The molecule has 20 heavy (non-hydrogen) atoms. The maximum atomic E-state index is 4.36. The Morgan fingerprint density at radius 2 is 2.20 bits per heavy atom. The molecule has 4 aromatic rings. The Kier molecular flexibility index (Phi) is 2.19. The van der Waals surface area contributed by atoms with Crippen molar-refractivity contribution >= 4 is 33.6 Å². The van der Waals surface area contributed by atoms with Crippen molar-refractivity contribution in [2.75, 3.05) is 5.32 Å². The molecule has 4 aromatic heterocycles. The van der Waals surface area contributed by atoms with E-state index in [1.807, 2.05) is 25.2 Å². The first-order valence-corrected chi connectivity index (χ1v) is 6.15. The number of hydrogen-bond donors (Lipinski definition) is 2. The van der Waals surface area contributed by atoms with Crippen LogP contribution in [0.25, 0.3) is 22.1 Å². The van der Waals surface area contributed by atoms with Crippen LogP contribution in [0.2, 0.25) is 0 Å². The lowest BCUT2D eigenvalue weighted by atomic mass is 10.3. The van der Waals surface area contributed by atoms with E-state index in [9.17, 15) is 0 Å². The van der Waals surface area contributed by atoms with E-state index in [4.69, 9.17) is 0 Å². The topological polar surface area (TPSA) is 84.3 Å². The molecule has 7 nitrogen and oxygen atoms in total. The number of rotatable bonds is 2. The number of hydrogen-bond acceptors (Lipinski definition) is 5. The van der Waals surface area contributed by atoms with Crippen LogP contribution >= 0.6 is 0 Å². The van der Waals surface area contributed by atoms with Gasteiger partial charge in [0.1, 0.15) is 11.0 Å². The zero-order valence-electron chi connectivity index (χ0n) is 10.7. The van der Waals surface area contributed by atoms with Crippen molar-refractivity contribution in [2.45, 2.75) is 0 Å². The second-order valence-corrected chi connectivity index (χ2v) is 4.49. The van der Waals surface area contributed by atoms with Crippen molar-refractivity contribution in [3.63, 3.8) is 0 Å². The molecule has 0 saturated heterocycles. The molecule has 0 aliphatic carbocycles. The first-order chi connectivity index (χ1) is 9.81. The third-order valence-electron chi connectivity index (χ3n) is 3.18. The number of aryl methyl sites for hydroxylation is 1. The molecule has 0 aliphatic rings. The molecule has 0 amide bonds. The lowest BCUT2D eigenvalue weighted by Gasteiger charge is -2.03. The van der Waals surface area contributed by atoms with Gasteiger partial charge in [-0.1, -0.05) is 0 Å². The summed E-state index contributed by atoms with van der Waals surface area (Å²) in [4.78, 5) is 8.67. The number of aromatic amines is 1. The molecule has 0 radical (unpaired) electrons. The van der Waals surface area contributed by atoms with Gasteiger partial charge < -0.3 is 5.32 Å². The third-order valence-corrected chi connectivity index (χ3v) is 3.18. The van der Waals surface area contributed by atoms with Crippen molar-refractivity contribution < 1.29 is 0 Å². The van der Waals surface area contributed by atoms with Gasteiger partial charge in [0, 0.05) is 13.2 Å². The highest BCUT2D eigenvalue weighted by molar-refractivity contribution is 5.88. The molecular weight excluding hydrogens is 254 g/mol. The smallest absolute Gasteiger partial charge is 0.178 e. The number of H-pyrrole nitrogens is 1. The third kappa shape index (κ3) is 1.60. The average Bonchev–Trinajstić information content (AvgIpc) is 3.05. The van der Waals surface area contributed by atoms with Gasteiger partial charge in [-0.25, -0.2) is 0 Å². The summed E-state index contributed by atoms with van der Waals surface area (Å²) in [5.74, 6) is 0.684. The second-order valence-electron chi connectivity index (χ2n) is 4.49. The van der Waals surface area contributed by atoms with Gasteiger partial charge in [-0.3, -0.25) is 19.7 Å². The van der Waals surface area contributed by atoms with Gasteiger partial charge in [-0.2, -0.15) is 10.2 Å². The van der Waals surface area contributed by atoms with Gasteiger partial charge in [0.15, 0.2) is 5.82 Å². The Bertz CT molecular complexity index is 905. The van der Waals surface area contributed by atoms with E-state index in [1.165, 1.54) is 0 Å². The normalized spacial score (nSPS) is 11.2. The summed E-state index contributed by atoms with van der Waals surface area (Å²) in [6.07, 6.45) is 5.24. The number of pyridine rings is 2. The van der Waals surface area contributed by atoms with Crippen LogP contribution in [0.3, 0.4) is 0 Å². The number of aromatic nitrogens is 6. The van der Waals surface area contributed by atoms with Crippen LogP contribution in [0.4, 0.5) is 11.5 Å². The van der Waals surface area contributed by atoms with E-state index < -0.39 is 0 Å². The predicted octanol–water partition coefficient (Wildman–Crippen LogP) is 1.98. The summed E-state index contributed by atoms with van der Waals surface area (Å²) in [6.45, 7) is 0. The Morgan fingerprint density at radius 3 is 3.15 bits per heavy atom. The van der Waals surface area contributed by atoms with Crippen LogP contribution in [0, 0.1) is 0 Å². The highest BCUT2D eigenvalue weighted by atomic mass is 15.3. The van der Waals surface area contributed by atoms with Gasteiger partial charge in [0.2, 0.25) is 0 Å². The van der Waals surface area contributed by atoms with Crippen molar-refractivity contribution in [3.8, 4) is 0 Å². The van der Waals surface area contributed by atoms with E-state index in [1.54, 1.807) is 23.3 Å². The minimum Gasteiger partial charge on any atom is -0.336 e. The van der Waals surface area contributed by atoms with E-state index in [0.29, 0.717) is 5.82 Å². The molecular formula is C13H11N7. The van der Waals surface area contributed by atoms with Crippen LogP contribution in [-0.2, 0) is 7.05 Å². The first kappa shape index (κ1) is 10.9. The van der Waals surface area contributed by atoms with Gasteiger partial charge in [-0.05, 0) is 18.2 Å². The van der Waals surface area contributed by atoms with Crippen LogP contribution in [-0.4, -0.2) is 29.9 Å². The van der Waals surface area contributed by atoms with Crippen molar-refractivity contribution in [1.82, 2.24) is 29.9 Å². The molecule has 0 saturated carbocycles. The van der Waals surface area contributed by atoms with Gasteiger partial charge in [0.05, 0.1) is 29.1 Å². The summed E-state index contributed by atoms with van der Waals surface area (Å²) in [7, 11) is 1.89. The molecule has 0 atom stereocenters. The monoisotopic (exact) mass is 265 g/mol. The predicted molar refractivity (Wildman–Crippen MR) is 75.7 cm³/mol. The largest absolute Gasteiger partial charge is 0.336 e. The summed E-state index contributed by atoms with van der Waals surface area (Å²) in [5.41, 5.74) is 4.37. The minimum atomic E-state index is 0.684. The second kappa shape index (κ2) is 4.02. The number of nitrogens with zero attached hydrogens (tertiary/aromatic N) is 5. The van der Waals surface area contributed by atoms with Crippen molar-refractivity contribution in [1.29, 1.82) is 0 Å². The molecule has 98 valence electrons. The van der Waals surface area contributed by atoms with Gasteiger partial charge in [-0.15, -0.1) is 0 Å². The fraction of sp³-hybridized carbons (Fsp3) is 0.0769. The van der Waals surface area contributed by atoms with E-state index >= 15 is 0 Å². The Hall–Kier alpha value is -2.96. The minimum absolute atomic E-state index is 0.684. The van der Waals surface area contributed by atoms with Crippen molar-refractivity contribution in [2.24, 2.45) is 7.05 Å². The zero-order valence-corrected chi connectivity index (χ0v) is 10.7. The highest BCUT2D eigenvalue weighted by Gasteiger charge is 2.08. The maximum Gasteiger partial charge on any atom is 0.178 e. The zero-order chi connectivity index (χ0) is 13.5. The molecule has 0 fully saturated rings. The molecule has 4 rings (SSSR count). The molecule has 0 spiro atoms. The molecule has 0 aliphatic heterocycles. The molecule has 7 heteroatoms. The molecule has 2 N–H and O–H groups in total. The van der Waals surface area contributed by atoms with E-state index in [-0.39, 0.29) is 0 Å². The number of nitrogens with one attached hydrogen (secondary N) is 2. The highest BCUT2D eigenvalue weighted by Crippen LogP contribution is 2.23. The van der Waals surface area contributed by atoms with Crippen LogP contribution < -0.4 is 5.32 Å². The summed E-state index contributed by atoms with van der Waals surface area (Å²) in [6, 6.07) is 5.79. The Morgan fingerprint density at radius 1 is 1.25 bits per heavy atom. The van der Waals surface area contributed by atoms with Crippen LogP contribution in [0.1, 0.15) is 0 Å². The van der Waals surface area contributed by atoms with Crippen LogP contribution in [0.15, 0.2) is 36.8 Å². The van der Waals surface area contributed by atoms with Crippen molar-refractivity contribution in [3.05, 3.63) is 36.8 Å². The Balaban J connectivity index is 1.78. The van der Waals surface area contributed by atoms with Crippen LogP contribution in [0.5, 0.6) is 0 Å². The lowest BCUT2D eigenvalue weighted by Crippen LogP contribution is -1.95. The molecule has 0 aromatic carbocycles. The van der Waals surface area contributed by atoms with Gasteiger partial charge >= 0.3 is 0 Å². The maximum absolute atomic E-state index is 4.36. The van der Waals surface area contributed by atoms with E-state index in [0.717, 1.165) is 27.8 Å². The molecule has 0 unspecified atom stereocenters. The lowest BCUT2D eigenvalue weighted by molar-refractivity contribution is 0.797. The number of fused-ring (bicyclic) bond motifs is 2. The van der Waals surface area contributed by atoms with Gasteiger partial charge in [0.25, 0.3) is 0 Å². The summed E-state index contributed by atoms with van der Waals surface area (Å²) in [5, 5.41) is 14.6. The fourth-order valence-electron chi connectivity index (χ4n) is 2.17. The van der Waals surface area contributed by atoms with E-state index in [2.05, 4.69) is 30.6 Å². The fourth-order valence-corrected chi connectivity index (χ4v) is 2.17. The molecule has 4 heterocycles. The standard InChI is InChI=1S/C13H11N7/c1-20-11-5-8(6-15-10(11)7-16-20)17-13-12-9(18-19-13)3-2-4-14-12/h2-7H,1H3,(H2,17,18,19). The summed E-state index contributed by atoms with van der Waals surface area (Å²) < 4.78 is 1.79. The quantitative estimate of drug-likeness (QED) is 0.579. The number of anilines is 2. The Labute approximate surface area is 113 Å².